The highest BCUT2D eigenvalue weighted by Gasteiger charge is 2.26. The second kappa shape index (κ2) is 29.4. The van der Waals surface area contributed by atoms with Crippen LogP contribution >= 0.6 is 7.82 Å². The minimum Gasteiger partial charge on any atom is -0.457 e. The first-order valence-electron chi connectivity index (χ1n) is 17.6. The van der Waals surface area contributed by atoms with Crippen LogP contribution in [0.1, 0.15) is 136 Å². The van der Waals surface area contributed by atoms with Gasteiger partial charge in [-0.3, -0.25) is 13.8 Å². The van der Waals surface area contributed by atoms with Gasteiger partial charge in [0.05, 0.1) is 34.4 Å². The van der Waals surface area contributed by atoms with E-state index in [1.54, 1.807) is 0 Å². The van der Waals surface area contributed by atoms with Crippen molar-refractivity contribution in [1.29, 1.82) is 0 Å². The zero-order valence-corrected chi connectivity index (χ0v) is 30.0. The van der Waals surface area contributed by atoms with Gasteiger partial charge in [0.1, 0.15) is 19.3 Å². The summed E-state index contributed by atoms with van der Waals surface area (Å²) >= 11 is 0. The van der Waals surface area contributed by atoms with Gasteiger partial charge in [-0.25, -0.2) is 4.57 Å². The van der Waals surface area contributed by atoms with Crippen LogP contribution in [0.4, 0.5) is 0 Å². The summed E-state index contributed by atoms with van der Waals surface area (Å²) in [6.07, 6.45) is 29.3. The van der Waals surface area contributed by atoms with Crippen molar-refractivity contribution in [2.24, 2.45) is 0 Å². The molecular weight excluding hydrogens is 577 g/mol. The molecule has 0 aliphatic carbocycles. The minimum absolute atomic E-state index is 0.0873. The molecule has 0 saturated heterocycles. The standard InChI is InChI=1S/C35H68NO7P/c1-6-8-10-12-14-15-16-17-18-19-20-21-23-25-27-30-40-32-34(33-42-44(38,39)41-31-29-36(3,4)5)43-35(37)28-26-24-22-13-11-9-7-2/h12,14,16-17,34H,6-11,13,15,18-33H2,1-5H3/p+1/b14-12-,17-16-. The highest BCUT2D eigenvalue weighted by Crippen LogP contribution is 2.43. The van der Waals surface area contributed by atoms with Crippen molar-refractivity contribution in [2.75, 3.05) is 54.1 Å². The molecule has 0 rings (SSSR count). The highest BCUT2D eigenvalue weighted by molar-refractivity contribution is 7.47. The predicted octanol–water partition coefficient (Wildman–Crippen LogP) is 9.32. The van der Waals surface area contributed by atoms with Gasteiger partial charge < -0.3 is 18.9 Å². The molecular formula is C35H69NO7P+. The number of ether oxygens (including phenoxy) is 2. The van der Waals surface area contributed by atoms with E-state index in [0.29, 0.717) is 24.1 Å². The first kappa shape index (κ1) is 43.0. The van der Waals surface area contributed by atoms with Crippen LogP contribution in [-0.2, 0) is 27.9 Å². The van der Waals surface area contributed by atoms with Crippen molar-refractivity contribution in [2.45, 2.75) is 142 Å². The lowest BCUT2D eigenvalue weighted by Crippen LogP contribution is -2.37. The van der Waals surface area contributed by atoms with Crippen LogP contribution < -0.4 is 0 Å². The SMILES string of the molecule is CCCC/C=C\C/C=C\CCCCCCCCOCC(COP(=O)(O)OCC[N+](C)(C)C)OC(=O)CCCCCCCCC. The number of nitrogens with zero attached hydrogens (tertiary/aromatic N) is 1. The number of rotatable bonds is 32. The number of esters is 1. The Labute approximate surface area is 271 Å². The highest BCUT2D eigenvalue weighted by atomic mass is 31.2. The van der Waals surface area contributed by atoms with Gasteiger partial charge in [-0.05, 0) is 38.5 Å². The molecule has 0 aromatic rings. The Morgan fingerprint density at radius 2 is 1.27 bits per heavy atom. The van der Waals surface area contributed by atoms with Crippen molar-refractivity contribution >= 4 is 13.8 Å². The van der Waals surface area contributed by atoms with Crippen LogP contribution in [0, 0.1) is 0 Å². The lowest BCUT2D eigenvalue weighted by Gasteiger charge is -2.24. The van der Waals surface area contributed by atoms with E-state index in [2.05, 4.69) is 38.2 Å². The number of quaternary nitrogens is 1. The molecule has 0 fully saturated rings. The molecule has 0 aliphatic heterocycles. The van der Waals surface area contributed by atoms with Gasteiger partial charge in [-0.1, -0.05) is 115 Å². The van der Waals surface area contributed by atoms with E-state index < -0.39 is 13.9 Å². The number of carbonyl (C=O) groups excluding carboxylic acids is 1. The molecule has 44 heavy (non-hydrogen) atoms. The van der Waals surface area contributed by atoms with Crippen molar-refractivity contribution in [1.82, 2.24) is 0 Å². The number of phosphoric acid groups is 1. The Balaban J connectivity index is 4.28. The first-order valence-corrected chi connectivity index (χ1v) is 19.1. The topological polar surface area (TPSA) is 91.3 Å². The predicted molar refractivity (Wildman–Crippen MR) is 183 cm³/mol. The Hall–Kier alpha value is -1.02. The third kappa shape index (κ3) is 32.4. The molecule has 0 aromatic heterocycles. The summed E-state index contributed by atoms with van der Waals surface area (Å²) < 4.78 is 34.6. The van der Waals surface area contributed by atoms with Crippen LogP contribution in [-0.4, -0.2) is 75.6 Å². The molecule has 8 nitrogen and oxygen atoms in total. The number of phosphoric ester groups is 1. The van der Waals surface area contributed by atoms with Gasteiger partial charge in [0, 0.05) is 13.0 Å². The second-order valence-corrected chi connectivity index (χ2v) is 14.4. The molecule has 1 N–H and O–H groups in total. The van der Waals surface area contributed by atoms with Crippen molar-refractivity contribution < 1.29 is 37.3 Å². The average molecular weight is 647 g/mol. The molecule has 0 bridgehead atoms. The minimum atomic E-state index is -4.26. The summed E-state index contributed by atoms with van der Waals surface area (Å²) in [5.41, 5.74) is 0. The lowest BCUT2D eigenvalue weighted by atomic mass is 10.1. The molecule has 2 unspecified atom stereocenters. The average Bonchev–Trinajstić information content (AvgIpc) is 2.96. The first-order chi connectivity index (χ1) is 21.1. The molecule has 0 saturated carbocycles. The zero-order chi connectivity index (χ0) is 32.8. The monoisotopic (exact) mass is 646 g/mol. The summed E-state index contributed by atoms with van der Waals surface area (Å²) in [5, 5.41) is 0. The van der Waals surface area contributed by atoms with E-state index in [1.165, 1.54) is 70.6 Å². The van der Waals surface area contributed by atoms with Crippen molar-refractivity contribution in [3.63, 3.8) is 0 Å². The summed E-state index contributed by atoms with van der Waals surface area (Å²) in [5.74, 6) is -0.326. The van der Waals surface area contributed by atoms with Crippen LogP contribution in [0.15, 0.2) is 24.3 Å². The fourth-order valence-electron chi connectivity index (χ4n) is 4.45. The third-order valence-corrected chi connectivity index (χ3v) is 8.25. The van der Waals surface area contributed by atoms with Crippen LogP contribution in [0.2, 0.25) is 0 Å². The largest absolute Gasteiger partial charge is 0.472 e. The molecule has 0 aliphatic rings. The van der Waals surface area contributed by atoms with Gasteiger partial charge in [0.25, 0.3) is 0 Å². The maximum Gasteiger partial charge on any atom is 0.472 e. The molecule has 2 atom stereocenters. The Morgan fingerprint density at radius 3 is 1.91 bits per heavy atom. The quantitative estimate of drug-likeness (QED) is 0.0256. The third-order valence-electron chi connectivity index (χ3n) is 7.27. The Bertz CT molecular complexity index is 767. The second-order valence-electron chi connectivity index (χ2n) is 12.9. The van der Waals surface area contributed by atoms with Crippen LogP contribution in [0.25, 0.3) is 0 Å². The zero-order valence-electron chi connectivity index (χ0n) is 29.1. The van der Waals surface area contributed by atoms with Gasteiger partial charge in [-0.2, -0.15) is 0 Å². The van der Waals surface area contributed by atoms with E-state index in [4.69, 9.17) is 18.5 Å². The molecule has 0 amide bonds. The summed E-state index contributed by atoms with van der Waals surface area (Å²) in [6, 6.07) is 0. The summed E-state index contributed by atoms with van der Waals surface area (Å²) in [6.45, 7) is 5.50. The van der Waals surface area contributed by atoms with Crippen molar-refractivity contribution in [3.05, 3.63) is 24.3 Å². The van der Waals surface area contributed by atoms with E-state index in [9.17, 15) is 14.3 Å². The molecule has 9 heteroatoms. The van der Waals surface area contributed by atoms with E-state index >= 15 is 0 Å². The Morgan fingerprint density at radius 1 is 0.705 bits per heavy atom. The molecule has 0 aromatic carbocycles. The van der Waals surface area contributed by atoms with Gasteiger partial charge in [0.2, 0.25) is 0 Å². The fraction of sp³-hybridized carbons (Fsp3) is 0.857. The van der Waals surface area contributed by atoms with E-state index in [1.807, 2.05) is 21.1 Å². The number of hydrogen-bond acceptors (Lipinski definition) is 6. The number of carbonyl (C=O) groups is 1. The summed E-state index contributed by atoms with van der Waals surface area (Å²) in [4.78, 5) is 22.6. The van der Waals surface area contributed by atoms with Gasteiger partial charge in [-0.15, -0.1) is 0 Å². The van der Waals surface area contributed by atoms with Crippen molar-refractivity contribution in [3.8, 4) is 0 Å². The Kier molecular flexibility index (Phi) is 28.7. The molecule has 0 heterocycles. The van der Waals surface area contributed by atoms with E-state index in [-0.39, 0.29) is 25.8 Å². The number of hydrogen-bond donors (Lipinski definition) is 1. The van der Waals surface area contributed by atoms with Crippen LogP contribution in [0.3, 0.4) is 0 Å². The summed E-state index contributed by atoms with van der Waals surface area (Å²) in [7, 11) is 1.66. The molecule has 0 spiro atoms. The van der Waals surface area contributed by atoms with Gasteiger partial charge in [0.15, 0.2) is 0 Å². The number of allylic oxidation sites excluding steroid dienone is 4. The number of likely N-dealkylation sites (N-methyl/N-ethyl adjacent to an activating group) is 1. The van der Waals surface area contributed by atoms with Gasteiger partial charge >= 0.3 is 13.8 Å². The van der Waals surface area contributed by atoms with Crippen LogP contribution in [0.5, 0.6) is 0 Å². The molecule has 0 radical (unpaired) electrons. The maximum atomic E-state index is 12.5. The maximum absolute atomic E-state index is 12.5. The smallest absolute Gasteiger partial charge is 0.457 e. The van der Waals surface area contributed by atoms with E-state index in [0.717, 1.165) is 44.9 Å². The molecule has 260 valence electrons. The normalized spacial score (nSPS) is 14.4. The number of unbranched alkanes of at least 4 members (excludes halogenated alkanes) is 14. The lowest BCUT2D eigenvalue weighted by molar-refractivity contribution is -0.870. The fourth-order valence-corrected chi connectivity index (χ4v) is 5.19.